The number of nitrogens with one attached hydrogen (secondary N) is 2. The van der Waals surface area contributed by atoms with Crippen LogP contribution in [0.5, 0.6) is 11.5 Å². The average molecular weight is 365 g/mol. The molecule has 7 nitrogen and oxygen atoms in total. The van der Waals surface area contributed by atoms with E-state index in [1.807, 2.05) is 0 Å². The summed E-state index contributed by atoms with van der Waals surface area (Å²) in [5.74, 6) is 0.689. The van der Waals surface area contributed by atoms with Crippen molar-refractivity contribution in [2.75, 3.05) is 26.1 Å². The number of hydrogen-bond donors (Lipinski definition) is 2. The van der Waals surface area contributed by atoms with Crippen LogP contribution in [0.25, 0.3) is 0 Å². The Bertz CT molecular complexity index is 663. The van der Waals surface area contributed by atoms with Gasteiger partial charge in [-0.25, -0.2) is 0 Å². The lowest BCUT2D eigenvalue weighted by atomic mass is 10.2. The molecule has 0 radical (unpaired) electrons. The summed E-state index contributed by atoms with van der Waals surface area (Å²) in [6.07, 6.45) is 2.09. The van der Waals surface area contributed by atoms with E-state index in [1.54, 1.807) is 25.3 Å². The first-order valence-corrected chi connectivity index (χ1v) is 8.99. The lowest BCUT2D eigenvalue weighted by Crippen LogP contribution is -2.28. The van der Waals surface area contributed by atoms with Crippen molar-refractivity contribution in [2.45, 2.75) is 31.4 Å². The van der Waals surface area contributed by atoms with Gasteiger partial charge in [0, 0.05) is 19.0 Å². The highest BCUT2D eigenvalue weighted by molar-refractivity contribution is 8.15. The van der Waals surface area contributed by atoms with Crippen molar-refractivity contribution in [2.24, 2.45) is 4.99 Å². The number of carbonyl (C=O) groups is 2. The third-order valence-electron chi connectivity index (χ3n) is 3.60. The molecule has 1 aliphatic heterocycles. The first-order valence-electron chi connectivity index (χ1n) is 8.11. The molecule has 0 spiro atoms. The highest BCUT2D eigenvalue weighted by atomic mass is 32.2. The zero-order valence-electron chi connectivity index (χ0n) is 14.6. The van der Waals surface area contributed by atoms with Crippen LogP contribution in [0, 0.1) is 0 Å². The molecule has 1 saturated heterocycles. The van der Waals surface area contributed by atoms with E-state index in [2.05, 4.69) is 22.5 Å². The van der Waals surface area contributed by atoms with Crippen molar-refractivity contribution in [3.63, 3.8) is 0 Å². The SMILES string of the molecule is CCCCN=C1NC(=O)C(CC(=O)Nc2ccc(OC)cc2OC)S1. The van der Waals surface area contributed by atoms with Gasteiger partial charge in [-0.3, -0.25) is 14.6 Å². The van der Waals surface area contributed by atoms with Gasteiger partial charge in [-0.05, 0) is 18.6 Å². The van der Waals surface area contributed by atoms with E-state index in [-0.39, 0.29) is 18.2 Å². The molecule has 0 bridgehead atoms. The number of anilines is 1. The molecule has 1 aromatic rings. The fourth-order valence-corrected chi connectivity index (χ4v) is 3.22. The number of rotatable bonds is 8. The lowest BCUT2D eigenvalue weighted by molar-refractivity contribution is -0.122. The topological polar surface area (TPSA) is 89.0 Å². The summed E-state index contributed by atoms with van der Waals surface area (Å²) < 4.78 is 10.4. The number of ether oxygens (including phenoxy) is 2. The third-order valence-corrected chi connectivity index (χ3v) is 4.72. The van der Waals surface area contributed by atoms with Crippen LogP contribution in [0.1, 0.15) is 26.2 Å². The number of unbranched alkanes of at least 4 members (excludes halogenated alkanes) is 1. The van der Waals surface area contributed by atoms with Crippen LogP contribution in [0.3, 0.4) is 0 Å². The number of amidine groups is 1. The van der Waals surface area contributed by atoms with E-state index >= 15 is 0 Å². The monoisotopic (exact) mass is 365 g/mol. The van der Waals surface area contributed by atoms with E-state index in [0.29, 0.717) is 28.9 Å². The van der Waals surface area contributed by atoms with Gasteiger partial charge in [-0.15, -0.1) is 0 Å². The lowest BCUT2D eigenvalue weighted by Gasteiger charge is -2.12. The molecule has 1 aliphatic rings. The molecule has 2 rings (SSSR count). The van der Waals surface area contributed by atoms with E-state index in [4.69, 9.17) is 9.47 Å². The summed E-state index contributed by atoms with van der Waals surface area (Å²) in [5, 5.41) is 5.62. The molecule has 0 saturated carbocycles. The molecule has 1 aromatic carbocycles. The van der Waals surface area contributed by atoms with Crippen molar-refractivity contribution in [3.8, 4) is 11.5 Å². The predicted molar refractivity (Wildman–Crippen MR) is 99.5 cm³/mol. The minimum absolute atomic E-state index is 0.0679. The van der Waals surface area contributed by atoms with Gasteiger partial charge in [-0.2, -0.15) is 0 Å². The second-order valence-corrected chi connectivity index (χ2v) is 6.65. The third kappa shape index (κ3) is 5.38. The predicted octanol–water partition coefficient (Wildman–Crippen LogP) is 2.42. The second-order valence-electron chi connectivity index (χ2n) is 5.45. The summed E-state index contributed by atoms with van der Waals surface area (Å²) in [6.45, 7) is 2.77. The Kier molecular flexibility index (Phi) is 7.12. The number of aliphatic imine (C=N–C) groups is 1. The number of amides is 2. The summed E-state index contributed by atoms with van der Waals surface area (Å²) in [6, 6.07) is 5.12. The Balaban J connectivity index is 1.94. The number of thioether (sulfide) groups is 1. The summed E-state index contributed by atoms with van der Waals surface area (Å²) >= 11 is 1.30. The van der Waals surface area contributed by atoms with Crippen LogP contribution in [0.4, 0.5) is 5.69 Å². The summed E-state index contributed by atoms with van der Waals surface area (Å²) in [4.78, 5) is 28.6. The first kappa shape index (κ1) is 19.1. The van der Waals surface area contributed by atoms with Gasteiger partial charge in [0.15, 0.2) is 5.17 Å². The molecule has 0 aromatic heterocycles. The number of benzene rings is 1. The highest BCUT2D eigenvalue weighted by Crippen LogP contribution is 2.30. The Morgan fingerprint density at radius 1 is 1.36 bits per heavy atom. The summed E-state index contributed by atoms with van der Waals surface area (Å²) in [5.41, 5.74) is 0.536. The fraction of sp³-hybridized carbons (Fsp3) is 0.471. The Hall–Kier alpha value is -2.22. The molecule has 25 heavy (non-hydrogen) atoms. The van der Waals surface area contributed by atoms with Crippen LogP contribution in [0.15, 0.2) is 23.2 Å². The summed E-state index contributed by atoms with van der Waals surface area (Å²) in [7, 11) is 3.08. The maximum Gasteiger partial charge on any atom is 0.240 e. The van der Waals surface area contributed by atoms with Crippen molar-refractivity contribution in [1.82, 2.24) is 5.32 Å². The van der Waals surface area contributed by atoms with Crippen LogP contribution < -0.4 is 20.1 Å². The van der Waals surface area contributed by atoms with Gasteiger partial charge in [0.2, 0.25) is 11.8 Å². The fourth-order valence-electron chi connectivity index (χ4n) is 2.22. The van der Waals surface area contributed by atoms with Crippen molar-refractivity contribution >= 4 is 34.4 Å². The van der Waals surface area contributed by atoms with E-state index in [9.17, 15) is 9.59 Å². The zero-order valence-corrected chi connectivity index (χ0v) is 15.4. The van der Waals surface area contributed by atoms with Gasteiger partial charge in [0.1, 0.15) is 16.7 Å². The van der Waals surface area contributed by atoms with Gasteiger partial charge in [0.05, 0.1) is 19.9 Å². The molecule has 8 heteroatoms. The Morgan fingerprint density at radius 2 is 2.16 bits per heavy atom. The second kappa shape index (κ2) is 9.31. The van der Waals surface area contributed by atoms with Gasteiger partial charge < -0.3 is 20.1 Å². The molecule has 136 valence electrons. The Labute approximate surface area is 151 Å². The normalized spacial score (nSPS) is 18.1. The van der Waals surface area contributed by atoms with Crippen molar-refractivity contribution in [3.05, 3.63) is 18.2 Å². The zero-order chi connectivity index (χ0) is 18.2. The number of hydrogen-bond acceptors (Lipinski definition) is 6. The van der Waals surface area contributed by atoms with Gasteiger partial charge in [-0.1, -0.05) is 25.1 Å². The maximum atomic E-state index is 12.3. The molecule has 1 heterocycles. The number of carbonyl (C=O) groups excluding carboxylic acids is 2. The van der Waals surface area contributed by atoms with Crippen LogP contribution in [0.2, 0.25) is 0 Å². The highest BCUT2D eigenvalue weighted by Gasteiger charge is 2.32. The molecule has 1 atom stereocenters. The molecule has 0 aliphatic carbocycles. The van der Waals surface area contributed by atoms with Crippen molar-refractivity contribution in [1.29, 1.82) is 0 Å². The molecular weight excluding hydrogens is 342 g/mol. The number of methoxy groups -OCH3 is 2. The van der Waals surface area contributed by atoms with Gasteiger partial charge in [0.25, 0.3) is 0 Å². The molecular formula is C17H23N3O4S. The maximum absolute atomic E-state index is 12.3. The Morgan fingerprint density at radius 3 is 2.84 bits per heavy atom. The average Bonchev–Trinajstić information content (AvgIpc) is 2.95. The van der Waals surface area contributed by atoms with Gasteiger partial charge >= 0.3 is 0 Å². The van der Waals surface area contributed by atoms with E-state index < -0.39 is 5.25 Å². The van der Waals surface area contributed by atoms with Crippen LogP contribution in [-0.2, 0) is 9.59 Å². The minimum Gasteiger partial charge on any atom is -0.497 e. The van der Waals surface area contributed by atoms with Crippen molar-refractivity contribution < 1.29 is 19.1 Å². The smallest absolute Gasteiger partial charge is 0.240 e. The molecule has 2 amide bonds. The molecule has 2 N–H and O–H groups in total. The largest absolute Gasteiger partial charge is 0.497 e. The first-order chi connectivity index (χ1) is 12.1. The van der Waals surface area contributed by atoms with E-state index in [1.165, 1.54) is 18.9 Å². The van der Waals surface area contributed by atoms with E-state index in [0.717, 1.165) is 12.8 Å². The molecule has 1 unspecified atom stereocenters. The van der Waals surface area contributed by atoms with Crippen LogP contribution in [-0.4, -0.2) is 43.0 Å². The molecule has 1 fully saturated rings. The van der Waals surface area contributed by atoms with Crippen LogP contribution >= 0.6 is 11.8 Å². The quantitative estimate of drug-likeness (QED) is 0.691. The number of nitrogens with zero attached hydrogens (tertiary/aromatic N) is 1. The minimum atomic E-state index is -0.468. The standard InChI is InChI=1S/C17H23N3O4S/c1-4-5-8-18-17-20-16(22)14(25-17)10-15(21)19-12-7-6-11(23-2)9-13(12)24-3/h6-7,9,14H,4-5,8,10H2,1-3H3,(H,19,21)(H,18,20,22).